The molecule has 1 aliphatic rings. The molecule has 6 nitrogen and oxygen atoms in total. The molecule has 2 aromatic heterocycles. The van der Waals surface area contributed by atoms with Crippen LogP contribution in [0.15, 0.2) is 60.8 Å². The van der Waals surface area contributed by atoms with Gasteiger partial charge >= 0.3 is 0 Å². The van der Waals surface area contributed by atoms with E-state index in [4.69, 9.17) is 9.84 Å². The van der Waals surface area contributed by atoms with Gasteiger partial charge in [-0.3, -0.25) is 4.79 Å². The minimum absolute atomic E-state index is 0.0465. The monoisotopic (exact) mass is 356 g/mol. The summed E-state index contributed by atoms with van der Waals surface area (Å²) in [6, 6.07) is 17.8. The predicted molar refractivity (Wildman–Crippen MR) is 103 cm³/mol. The molecule has 0 fully saturated rings. The lowest BCUT2D eigenvalue weighted by Crippen LogP contribution is -2.25. The van der Waals surface area contributed by atoms with E-state index in [1.165, 1.54) is 5.56 Å². The number of aromatic nitrogens is 3. The van der Waals surface area contributed by atoms with E-state index < -0.39 is 0 Å². The number of nitrogens with one attached hydrogen (secondary N) is 1. The van der Waals surface area contributed by atoms with Crippen LogP contribution in [0.2, 0.25) is 0 Å². The highest BCUT2D eigenvalue weighted by Crippen LogP contribution is 2.33. The third kappa shape index (κ3) is 2.71. The van der Waals surface area contributed by atoms with Crippen molar-refractivity contribution in [2.24, 2.45) is 0 Å². The number of nitrogens with zero attached hydrogens (tertiary/aromatic N) is 3. The SMILES string of the molecule is Cc1ccc(-c2cc3nccc(-c4ccc5c(c4)NC(=O)CO5)n3n2)cc1. The molecule has 0 aliphatic carbocycles. The lowest BCUT2D eigenvalue weighted by atomic mass is 10.1. The van der Waals surface area contributed by atoms with Crippen molar-refractivity contribution in [3.63, 3.8) is 0 Å². The van der Waals surface area contributed by atoms with Crippen molar-refractivity contribution < 1.29 is 9.53 Å². The minimum Gasteiger partial charge on any atom is -0.482 e. The number of hydrogen-bond acceptors (Lipinski definition) is 4. The van der Waals surface area contributed by atoms with E-state index in [0.29, 0.717) is 11.4 Å². The van der Waals surface area contributed by atoms with Crippen LogP contribution in [0.3, 0.4) is 0 Å². The molecule has 0 saturated carbocycles. The van der Waals surface area contributed by atoms with Crippen molar-refractivity contribution in [3.05, 3.63) is 66.4 Å². The molecule has 4 aromatic rings. The molecule has 3 heterocycles. The maximum absolute atomic E-state index is 11.6. The molecule has 0 radical (unpaired) electrons. The lowest BCUT2D eigenvalue weighted by molar-refractivity contribution is -0.118. The van der Waals surface area contributed by atoms with Crippen molar-refractivity contribution >= 4 is 17.2 Å². The van der Waals surface area contributed by atoms with Crippen LogP contribution in [0.4, 0.5) is 5.69 Å². The highest BCUT2D eigenvalue weighted by atomic mass is 16.5. The van der Waals surface area contributed by atoms with Crippen LogP contribution >= 0.6 is 0 Å². The third-order valence-electron chi connectivity index (χ3n) is 4.61. The Bertz CT molecular complexity index is 1180. The first kappa shape index (κ1) is 15.6. The third-order valence-corrected chi connectivity index (χ3v) is 4.61. The zero-order valence-corrected chi connectivity index (χ0v) is 14.6. The Morgan fingerprint density at radius 1 is 1.04 bits per heavy atom. The van der Waals surface area contributed by atoms with Crippen molar-refractivity contribution in [3.8, 4) is 28.3 Å². The fourth-order valence-electron chi connectivity index (χ4n) is 3.22. The Balaban J connectivity index is 1.63. The predicted octanol–water partition coefficient (Wildman–Crippen LogP) is 3.70. The summed E-state index contributed by atoms with van der Waals surface area (Å²) in [4.78, 5) is 16.0. The van der Waals surface area contributed by atoms with Crippen molar-refractivity contribution in [2.75, 3.05) is 11.9 Å². The quantitative estimate of drug-likeness (QED) is 0.595. The first-order chi connectivity index (χ1) is 13.2. The van der Waals surface area contributed by atoms with E-state index in [1.807, 2.05) is 34.8 Å². The van der Waals surface area contributed by atoms with Gasteiger partial charge in [0.05, 0.1) is 17.1 Å². The van der Waals surface area contributed by atoms with Crippen LogP contribution in [0.25, 0.3) is 28.2 Å². The number of anilines is 1. The molecule has 1 N–H and O–H groups in total. The van der Waals surface area contributed by atoms with E-state index in [-0.39, 0.29) is 12.5 Å². The summed E-state index contributed by atoms with van der Waals surface area (Å²) < 4.78 is 7.26. The molecule has 6 heteroatoms. The van der Waals surface area contributed by atoms with Crippen LogP contribution in [-0.2, 0) is 4.79 Å². The van der Waals surface area contributed by atoms with Gasteiger partial charge in [-0.1, -0.05) is 29.8 Å². The number of ether oxygens (including phenoxy) is 1. The molecule has 132 valence electrons. The summed E-state index contributed by atoms with van der Waals surface area (Å²) in [5.74, 6) is 0.518. The van der Waals surface area contributed by atoms with Crippen LogP contribution in [-0.4, -0.2) is 27.1 Å². The van der Waals surface area contributed by atoms with Gasteiger partial charge in [0.2, 0.25) is 0 Å². The highest BCUT2D eigenvalue weighted by molar-refractivity contribution is 5.96. The van der Waals surface area contributed by atoms with Crippen molar-refractivity contribution in [1.82, 2.24) is 14.6 Å². The lowest BCUT2D eigenvalue weighted by Gasteiger charge is -2.18. The van der Waals surface area contributed by atoms with Crippen molar-refractivity contribution in [1.29, 1.82) is 0 Å². The summed E-state index contributed by atoms with van der Waals surface area (Å²) in [7, 11) is 0. The zero-order valence-electron chi connectivity index (χ0n) is 14.6. The van der Waals surface area contributed by atoms with E-state index in [0.717, 1.165) is 28.2 Å². The van der Waals surface area contributed by atoms with E-state index in [1.54, 1.807) is 6.20 Å². The molecule has 1 aliphatic heterocycles. The highest BCUT2D eigenvalue weighted by Gasteiger charge is 2.17. The fourth-order valence-corrected chi connectivity index (χ4v) is 3.22. The average molecular weight is 356 g/mol. The molecule has 0 spiro atoms. The normalized spacial score (nSPS) is 13.1. The van der Waals surface area contributed by atoms with Gasteiger partial charge in [-0.25, -0.2) is 9.50 Å². The van der Waals surface area contributed by atoms with Gasteiger partial charge in [0.15, 0.2) is 12.3 Å². The number of amides is 1. The van der Waals surface area contributed by atoms with Gasteiger partial charge in [-0.2, -0.15) is 5.10 Å². The Morgan fingerprint density at radius 3 is 2.70 bits per heavy atom. The summed E-state index contributed by atoms with van der Waals surface area (Å²) in [6.45, 7) is 2.11. The molecule has 0 saturated heterocycles. The zero-order chi connectivity index (χ0) is 18.4. The van der Waals surface area contributed by atoms with Gasteiger partial charge in [-0.15, -0.1) is 0 Å². The standard InChI is InChI=1S/C21H16N4O2/c1-13-2-4-14(5-3-13)16-11-20-22-9-8-18(25(20)24-16)15-6-7-19-17(10-15)23-21(26)12-27-19/h2-11H,12H2,1H3,(H,23,26). The maximum Gasteiger partial charge on any atom is 0.262 e. The molecule has 1 amide bonds. The molecule has 0 bridgehead atoms. The smallest absolute Gasteiger partial charge is 0.262 e. The molecule has 0 unspecified atom stereocenters. The number of rotatable bonds is 2. The van der Waals surface area contributed by atoms with Gasteiger partial charge < -0.3 is 10.1 Å². The topological polar surface area (TPSA) is 68.5 Å². The Hall–Kier alpha value is -3.67. The largest absolute Gasteiger partial charge is 0.482 e. The fraction of sp³-hybridized carbons (Fsp3) is 0.0952. The van der Waals surface area contributed by atoms with Gasteiger partial charge in [0.1, 0.15) is 5.75 Å². The number of carbonyl (C=O) groups excluding carboxylic acids is 1. The summed E-state index contributed by atoms with van der Waals surface area (Å²) in [5, 5.41) is 7.60. The second-order valence-electron chi connectivity index (χ2n) is 6.54. The Morgan fingerprint density at radius 2 is 1.85 bits per heavy atom. The van der Waals surface area contributed by atoms with Gasteiger partial charge in [0, 0.05) is 23.4 Å². The Labute approximate surface area is 155 Å². The van der Waals surface area contributed by atoms with Crippen molar-refractivity contribution in [2.45, 2.75) is 6.92 Å². The maximum atomic E-state index is 11.6. The minimum atomic E-state index is -0.153. The molecule has 2 aromatic carbocycles. The number of fused-ring (bicyclic) bond motifs is 2. The number of carbonyl (C=O) groups is 1. The molecule has 5 rings (SSSR count). The molecule has 27 heavy (non-hydrogen) atoms. The number of benzene rings is 2. The Kier molecular flexibility index (Phi) is 3.43. The van der Waals surface area contributed by atoms with Crippen LogP contribution in [0.1, 0.15) is 5.56 Å². The van der Waals surface area contributed by atoms with Crippen LogP contribution in [0.5, 0.6) is 5.75 Å². The number of aryl methyl sites for hydroxylation is 1. The molecular formula is C21H16N4O2. The summed E-state index contributed by atoms with van der Waals surface area (Å²) in [5.41, 5.74) is 6.36. The first-order valence-corrected chi connectivity index (χ1v) is 8.66. The summed E-state index contributed by atoms with van der Waals surface area (Å²) >= 11 is 0. The molecule has 0 atom stereocenters. The van der Waals surface area contributed by atoms with E-state index in [9.17, 15) is 4.79 Å². The van der Waals surface area contributed by atoms with Crippen LogP contribution in [0, 0.1) is 6.92 Å². The second kappa shape index (κ2) is 5.95. The first-order valence-electron chi connectivity index (χ1n) is 8.66. The average Bonchev–Trinajstić information content (AvgIpc) is 3.12. The number of hydrogen-bond donors (Lipinski definition) is 1. The van der Waals surface area contributed by atoms with E-state index >= 15 is 0 Å². The second-order valence-corrected chi connectivity index (χ2v) is 6.54. The van der Waals surface area contributed by atoms with Crippen LogP contribution < -0.4 is 10.1 Å². The molecular weight excluding hydrogens is 340 g/mol. The summed E-state index contributed by atoms with van der Waals surface area (Å²) in [6.07, 6.45) is 1.76. The van der Waals surface area contributed by atoms with Gasteiger partial charge in [0.25, 0.3) is 5.91 Å². The van der Waals surface area contributed by atoms with Gasteiger partial charge in [-0.05, 0) is 31.2 Å². The van der Waals surface area contributed by atoms with E-state index in [2.05, 4.69) is 41.5 Å².